The van der Waals surface area contributed by atoms with Crippen molar-refractivity contribution in [3.63, 3.8) is 0 Å². The van der Waals surface area contributed by atoms with Gasteiger partial charge in [-0.25, -0.2) is 4.98 Å². The monoisotopic (exact) mass is 482 g/mol. The fourth-order valence-corrected chi connectivity index (χ4v) is 9.37. The summed E-state index contributed by atoms with van der Waals surface area (Å²) in [7, 11) is 0. The smallest absolute Gasteiger partial charge is 0.256 e. The van der Waals surface area contributed by atoms with Gasteiger partial charge >= 0.3 is 0 Å². The Morgan fingerprint density at radius 2 is 1.72 bits per heavy atom. The fourth-order valence-electron chi connectivity index (χ4n) is 8.30. The molecule has 0 N–H and O–H groups in total. The van der Waals surface area contributed by atoms with Crippen LogP contribution in [-0.2, 0) is 10.8 Å². The Morgan fingerprint density at radius 1 is 0.889 bits per heavy atom. The van der Waals surface area contributed by atoms with Crippen molar-refractivity contribution >= 4 is 71.4 Å². The second-order valence-corrected chi connectivity index (χ2v) is 13.1. The maximum atomic E-state index is 6.64. The molecule has 4 aromatic carbocycles. The van der Waals surface area contributed by atoms with Crippen LogP contribution in [0.2, 0.25) is 0 Å². The maximum absolute atomic E-state index is 6.64. The average Bonchev–Trinajstić information content (AvgIpc) is 3.27. The first kappa shape index (κ1) is 18.9. The summed E-state index contributed by atoms with van der Waals surface area (Å²) in [5, 5.41) is 2.60. The number of imidazole rings is 1. The molecule has 11 rings (SSSR count). The van der Waals surface area contributed by atoms with E-state index >= 15 is 0 Å². The molecule has 1 saturated carbocycles. The molecule has 172 valence electrons. The summed E-state index contributed by atoms with van der Waals surface area (Å²) >= 11 is 1.83. The van der Waals surface area contributed by atoms with E-state index < -0.39 is 0 Å². The lowest BCUT2D eigenvalue weighted by Gasteiger charge is -2.52. The second kappa shape index (κ2) is 5.65. The van der Waals surface area contributed by atoms with E-state index in [4.69, 9.17) is 9.72 Å². The highest BCUT2D eigenvalue weighted by atomic mass is 32.1. The molecule has 2 aromatic heterocycles. The first-order valence-corrected chi connectivity index (χ1v) is 14.0. The quantitative estimate of drug-likeness (QED) is 0.252. The third kappa shape index (κ3) is 1.89. The number of hydrogen-bond donors (Lipinski definition) is 0. The summed E-state index contributed by atoms with van der Waals surface area (Å²) in [6, 6.07) is 20.2. The minimum atomic E-state index is 0.169. The van der Waals surface area contributed by atoms with Gasteiger partial charge < -0.3 is 4.74 Å². The van der Waals surface area contributed by atoms with Gasteiger partial charge in [-0.1, -0.05) is 61.6 Å². The molecule has 6 aromatic rings. The molecule has 1 fully saturated rings. The summed E-state index contributed by atoms with van der Waals surface area (Å²) in [5.41, 5.74) is 11.5. The molecule has 2 aliphatic heterocycles. The van der Waals surface area contributed by atoms with Crippen LogP contribution in [0.4, 0.5) is 0 Å². The molecule has 0 unspecified atom stereocenters. The van der Waals surface area contributed by atoms with Crippen LogP contribution in [-0.4, -0.2) is 16.1 Å². The van der Waals surface area contributed by atoms with E-state index in [9.17, 15) is 0 Å². The predicted molar refractivity (Wildman–Crippen MR) is 150 cm³/mol. The molecular formula is C31H23BN2OS. The highest BCUT2D eigenvalue weighted by Crippen LogP contribution is 2.58. The van der Waals surface area contributed by atoms with Crippen LogP contribution in [0.15, 0.2) is 54.6 Å². The molecule has 5 heteroatoms. The Hall–Kier alpha value is -3.31. The van der Waals surface area contributed by atoms with Crippen molar-refractivity contribution in [3.05, 3.63) is 65.7 Å². The zero-order chi connectivity index (χ0) is 23.6. The van der Waals surface area contributed by atoms with Gasteiger partial charge in [0.15, 0.2) is 4.96 Å². The maximum Gasteiger partial charge on any atom is 0.256 e. The number of rotatable bonds is 0. The van der Waals surface area contributed by atoms with Gasteiger partial charge in [-0.05, 0) is 87.6 Å². The van der Waals surface area contributed by atoms with E-state index in [-0.39, 0.29) is 17.5 Å². The Bertz CT molecular complexity index is 2020. The van der Waals surface area contributed by atoms with Crippen molar-refractivity contribution in [2.75, 3.05) is 0 Å². The van der Waals surface area contributed by atoms with E-state index in [1.165, 1.54) is 74.1 Å². The number of fused-ring (bicyclic) bond motifs is 5. The van der Waals surface area contributed by atoms with Crippen LogP contribution >= 0.6 is 11.3 Å². The van der Waals surface area contributed by atoms with Crippen LogP contribution < -0.4 is 21.1 Å². The molecule has 36 heavy (non-hydrogen) atoms. The lowest BCUT2D eigenvalue weighted by Crippen LogP contribution is -2.58. The molecule has 0 radical (unpaired) electrons. The number of aromatic nitrogens is 2. The summed E-state index contributed by atoms with van der Waals surface area (Å²) in [6.45, 7) is 5.18. The number of para-hydroxylation sites is 1. The SMILES string of the molecule is CC12CCC(C)(CC1)c1c2cc2c3c1nc1sc4cccc5cc6c(c(c54)n13)B2c1ccccc1O6. The van der Waals surface area contributed by atoms with Crippen LogP contribution in [0, 0.1) is 0 Å². The van der Waals surface area contributed by atoms with Gasteiger partial charge in [0.1, 0.15) is 11.5 Å². The normalized spacial score (nSPS) is 24.9. The third-order valence-electron chi connectivity index (χ3n) is 10.2. The molecular weight excluding hydrogens is 459 g/mol. The van der Waals surface area contributed by atoms with Gasteiger partial charge in [-0.3, -0.25) is 4.40 Å². The van der Waals surface area contributed by atoms with E-state index in [0.29, 0.717) is 0 Å². The first-order valence-electron chi connectivity index (χ1n) is 13.2. The Kier molecular flexibility index (Phi) is 2.97. The average molecular weight is 482 g/mol. The van der Waals surface area contributed by atoms with E-state index in [0.717, 1.165) is 16.5 Å². The van der Waals surface area contributed by atoms with E-state index in [2.05, 4.69) is 72.8 Å². The van der Waals surface area contributed by atoms with Gasteiger partial charge in [0.2, 0.25) is 0 Å². The van der Waals surface area contributed by atoms with Crippen LogP contribution in [0.25, 0.3) is 37.0 Å². The van der Waals surface area contributed by atoms with Gasteiger partial charge in [0.05, 0.1) is 16.6 Å². The molecule has 0 amide bonds. The summed E-state index contributed by atoms with van der Waals surface area (Å²) in [6.07, 6.45) is 5.10. The molecule has 3 nitrogen and oxygen atoms in total. The number of nitrogens with zero attached hydrogens (tertiary/aromatic N) is 2. The highest BCUT2D eigenvalue weighted by molar-refractivity contribution is 7.23. The lowest BCUT2D eigenvalue weighted by molar-refractivity contribution is 0.189. The van der Waals surface area contributed by atoms with Crippen molar-refractivity contribution in [1.82, 2.24) is 9.38 Å². The van der Waals surface area contributed by atoms with Crippen LogP contribution in [0.5, 0.6) is 11.5 Å². The third-order valence-corrected chi connectivity index (χ3v) is 11.2. The molecule has 0 spiro atoms. The topological polar surface area (TPSA) is 26.5 Å². The largest absolute Gasteiger partial charge is 0.458 e. The summed E-state index contributed by atoms with van der Waals surface area (Å²) < 4.78 is 10.4. The Morgan fingerprint density at radius 3 is 2.61 bits per heavy atom. The number of ether oxygens (including phenoxy) is 1. The molecule has 5 aliphatic rings. The zero-order valence-corrected chi connectivity index (χ0v) is 21.1. The van der Waals surface area contributed by atoms with Crippen molar-refractivity contribution < 1.29 is 4.74 Å². The molecule has 0 atom stereocenters. The minimum absolute atomic E-state index is 0.169. The van der Waals surface area contributed by atoms with E-state index in [1.807, 2.05) is 11.3 Å². The lowest BCUT2D eigenvalue weighted by atomic mass is 9.34. The Labute approximate surface area is 212 Å². The molecule has 2 bridgehead atoms. The first-order chi connectivity index (χ1) is 17.5. The van der Waals surface area contributed by atoms with Crippen LogP contribution in [0.3, 0.4) is 0 Å². The van der Waals surface area contributed by atoms with Crippen LogP contribution in [0.1, 0.15) is 50.7 Å². The number of hydrogen-bond acceptors (Lipinski definition) is 3. The fraction of sp³-hybridized carbons (Fsp3) is 0.258. The standard InChI is InChI=1S/C31H23BN2OS/c1-30-10-12-31(2,13-11-30)24-17(30)15-19-27-26(24)33-29-34(27)28-23-16(6-5-9-22(23)36-29)14-21-25(28)32(19)18-7-3-4-8-20(18)35-21/h3-9,14-15H,10-13H2,1-2H3. The highest BCUT2D eigenvalue weighted by Gasteiger charge is 2.51. The van der Waals surface area contributed by atoms with E-state index in [1.54, 1.807) is 11.1 Å². The minimum Gasteiger partial charge on any atom is -0.458 e. The van der Waals surface area contributed by atoms with Gasteiger partial charge in [0.25, 0.3) is 6.71 Å². The van der Waals surface area contributed by atoms with Crippen molar-refractivity contribution in [3.8, 4) is 11.5 Å². The zero-order valence-electron chi connectivity index (χ0n) is 20.3. The van der Waals surface area contributed by atoms with Gasteiger partial charge in [-0.2, -0.15) is 0 Å². The summed E-state index contributed by atoms with van der Waals surface area (Å²) in [4.78, 5) is 6.61. The van der Waals surface area contributed by atoms with Crippen molar-refractivity contribution in [1.29, 1.82) is 0 Å². The molecule has 4 heterocycles. The molecule has 3 aliphatic carbocycles. The number of benzene rings is 4. The molecule has 0 saturated heterocycles. The van der Waals surface area contributed by atoms with Crippen molar-refractivity contribution in [2.45, 2.75) is 50.4 Å². The predicted octanol–water partition coefficient (Wildman–Crippen LogP) is 5.89. The Balaban J connectivity index is 1.52. The second-order valence-electron chi connectivity index (χ2n) is 12.1. The van der Waals surface area contributed by atoms with Gasteiger partial charge in [0, 0.05) is 10.1 Å². The van der Waals surface area contributed by atoms with Gasteiger partial charge in [-0.15, -0.1) is 0 Å². The summed E-state index contributed by atoms with van der Waals surface area (Å²) in [5.74, 6) is 1.99. The van der Waals surface area contributed by atoms with Crippen molar-refractivity contribution in [2.24, 2.45) is 0 Å².